The molecule has 0 spiro atoms. The van der Waals surface area contributed by atoms with Gasteiger partial charge in [-0.2, -0.15) is 0 Å². The summed E-state index contributed by atoms with van der Waals surface area (Å²) in [6.07, 6.45) is 2.16. The molecule has 0 aliphatic heterocycles. The number of rotatable bonds is 7. The van der Waals surface area contributed by atoms with Crippen LogP contribution >= 0.6 is 0 Å². The first-order valence-electron chi connectivity index (χ1n) is 10.0. The van der Waals surface area contributed by atoms with Gasteiger partial charge in [0, 0.05) is 22.7 Å². The molecular formula is C23H21F4NO4. The number of aromatic nitrogens is 1. The molecule has 3 rings (SSSR count). The number of aromatic hydroxyl groups is 1. The summed E-state index contributed by atoms with van der Waals surface area (Å²) >= 11 is 0. The van der Waals surface area contributed by atoms with Crippen LogP contribution in [-0.4, -0.2) is 26.7 Å². The largest absolute Gasteiger partial charge is 0.503 e. The van der Waals surface area contributed by atoms with E-state index in [4.69, 9.17) is 0 Å². The first kappa shape index (κ1) is 23.3. The van der Waals surface area contributed by atoms with E-state index in [1.165, 1.54) is 6.92 Å². The van der Waals surface area contributed by atoms with Crippen LogP contribution in [0.1, 0.15) is 60.1 Å². The van der Waals surface area contributed by atoms with Crippen LogP contribution in [0, 0.1) is 30.2 Å². The van der Waals surface area contributed by atoms with Gasteiger partial charge < -0.3 is 10.2 Å². The highest BCUT2D eigenvalue weighted by molar-refractivity contribution is 6.05. The van der Waals surface area contributed by atoms with Crippen molar-refractivity contribution in [2.24, 2.45) is 0 Å². The number of nitrogens with zero attached hydrogens (tertiary/aromatic N) is 1. The lowest BCUT2D eigenvalue weighted by molar-refractivity contribution is -0.139. The maximum atomic E-state index is 15.0. The summed E-state index contributed by atoms with van der Waals surface area (Å²) in [6, 6.07) is 3.11. The summed E-state index contributed by atoms with van der Waals surface area (Å²) in [5.74, 6) is -9.95. The van der Waals surface area contributed by atoms with Gasteiger partial charge in [-0.05, 0) is 37.1 Å². The molecule has 1 heterocycles. The molecule has 0 unspecified atom stereocenters. The Morgan fingerprint density at radius 3 is 2.31 bits per heavy atom. The zero-order valence-electron chi connectivity index (χ0n) is 17.4. The third-order valence-electron chi connectivity index (χ3n) is 5.52. The van der Waals surface area contributed by atoms with Crippen molar-refractivity contribution >= 4 is 22.8 Å². The smallest absolute Gasteiger partial charge is 0.311 e. The maximum Gasteiger partial charge on any atom is 0.311 e. The number of hydrogen-bond acceptors (Lipinski definition) is 3. The Bertz CT molecular complexity index is 1220. The fourth-order valence-electron chi connectivity index (χ4n) is 3.95. The van der Waals surface area contributed by atoms with Crippen molar-refractivity contribution in [3.05, 3.63) is 64.4 Å². The second kappa shape index (κ2) is 9.02. The molecule has 1 aromatic heterocycles. The fourth-order valence-corrected chi connectivity index (χ4v) is 3.95. The third kappa shape index (κ3) is 3.94. The summed E-state index contributed by atoms with van der Waals surface area (Å²) < 4.78 is 57.0. The number of phenolic OH excluding ortho intramolecular Hbond substituents is 1. The number of carbonyl (C=O) groups is 2. The first-order valence-corrected chi connectivity index (χ1v) is 10.0. The van der Waals surface area contributed by atoms with Gasteiger partial charge in [0.15, 0.2) is 29.0 Å². The van der Waals surface area contributed by atoms with Crippen LogP contribution in [0.5, 0.6) is 5.75 Å². The van der Waals surface area contributed by atoms with Crippen molar-refractivity contribution in [2.75, 3.05) is 0 Å². The van der Waals surface area contributed by atoms with Crippen LogP contribution in [0.4, 0.5) is 17.6 Å². The number of aliphatic carboxylic acids is 1. The van der Waals surface area contributed by atoms with Crippen LogP contribution in [0.2, 0.25) is 0 Å². The highest BCUT2D eigenvalue weighted by Gasteiger charge is 2.32. The second-order valence-electron chi connectivity index (χ2n) is 7.57. The van der Waals surface area contributed by atoms with E-state index in [-0.39, 0.29) is 28.8 Å². The zero-order chi connectivity index (χ0) is 23.7. The number of carbonyl (C=O) groups excluding carboxylic acids is 1. The van der Waals surface area contributed by atoms with Crippen molar-refractivity contribution in [1.82, 2.24) is 4.57 Å². The van der Waals surface area contributed by atoms with E-state index in [1.54, 1.807) is 0 Å². The van der Waals surface area contributed by atoms with Gasteiger partial charge in [-0.15, -0.1) is 0 Å². The Morgan fingerprint density at radius 1 is 1.03 bits per heavy atom. The van der Waals surface area contributed by atoms with Gasteiger partial charge in [0.25, 0.3) is 5.91 Å². The minimum Gasteiger partial charge on any atom is -0.503 e. The molecule has 0 radical (unpaired) electrons. The molecule has 0 fully saturated rings. The van der Waals surface area contributed by atoms with Crippen molar-refractivity contribution in [3.63, 3.8) is 0 Å². The highest BCUT2D eigenvalue weighted by Crippen LogP contribution is 2.40. The van der Waals surface area contributed by atoms with E-state index >= 15 is 0 Å². The summed E-state index contributed by atoms with van der Waals surface area (Å²) in [6.45, 7) is 3.28. The summed E-state index contributed by atoms with van der Waals surface area (Å²) in [5.41, 5.74) is -0.696. The number of hydrogen-bond donors (Lipinski definition) is 2. The predicted octanol–water partition coefficient (Wildman–Crippen LogP) is 5.65. The highest BCUT2D eigenvalue weighted by atomic mass is 19.2. The van der Waals surface area contributed by atoms with Gasteiger partial charge in [-0.3, -0.25) is 14.2 Å². The number of carboxylic acids is 1. The lowest BCUT2D eigenvalue weighted by Gasteiger charge is -2.14. The number of benzene rings is 2. The number of fused-ring (bicyclic) bond motifs is 1. The van der Waals surface area contributed by atoms with Crippen LogP contribution in [0.15, 0.2) is 24.3 Å². The summed E-state index contributed by atoms with van der Waals surface area (Å²) in [4.78, 5) is 25.2. The van der Waals surface area contributed by atoms with Crippen LogP contribution in [0.3, 0.4) is 0 Å². The molecule has 5 nitrogen and oxygen atoms in total. The van der Waals surface area contributed by atoms with Gasteiger partial charge >= 0.3 is 5.97 Å². The van der Waals surface area contributed by atoms with Gasteiger partial charge in [0.2, 0.25) is 0 Å². The minimum atomic E-state index is -1.39. The molecule has 32 heavy (non-hydrogen) atoms. The molecule has 0 bridgehead atoms. The Morgan fingerprint density at radius 2 is 1.72 bits per heavy atom. The van der Waals surface area contributed by atoms with Crippen molar-refractivity contribution < 1.29 is 37.4 Å². The van der Waals surface area contributed by atoms with E-state index in [1.807, 2.05) is 6.92 Å². The monoisotopic (exact) mass is 451 g/mol. The topological polar surface area (TPSA) is 79.5 Å². The summed E-state index contributed by atoms with van der Waals surface area (Å²) in [5, 5.41) is 19.2. The summed E-state index contributed by atoms with van der Waals surface area (Å²) in [7, 11) is 0. The van der Waals surface area contributed by atoms with Gasteiger partial charge in [0.1, 0.15) is 0 Å². The minimum absolute atomic E-state index is 0.00234. The molecule has 9 heteroatoms. The molecule has 0 aliphatic rings. The molecule has 0 saturated heterocycles. The van der Waals surface area contributed by atoms with Crippen LogP contribution < -0.4 is 0 Å². The van der Waals surface area contributed by atoms with Crippen molar-refractivity contribution in [3.8, 4) is 5.75 Å². The quantitative estimate of drug-likeness (QED) is 0.360. The predicted molar refractivity (Wildman–Crippen MR) is 109 cm³/mol. The van der Waals surface area contributed by atoms with Crippen LogP contribution in [-0.2, 0) is 4.79 Å². The average molecular weight is 451 g/mol. The van der Waals surface area contributed by atoms with E-state index in [0.717, 1.165) is 29.5 Å². The van der Waals surface area contributed by atoms with Gasteiger partial charge in [0.05, 0.1) is 11.4 Å². The molecule has 0 saturated carbocycles. The normalized spacial score (nSPS) is 12.3. The lowest BCUT2D eigenvalue weighted by Crippen LogP contribution is -2.16. The van der Waals surface area contributed by atoms with E-state index in [2.05, 4.69) is 0 Å². The number of unbranched alkanes of at least 4 members (excludes halogenated alkanes) is 2. The Balaban J connectivity index is 2.32. The zero-order valence-corrected chi connectivity index (χ0v) is 17.4. The molecule has 1 atom stereocenters. The molecule has 2 N–H and O–H groups in total. The van der Waals surface area contributed by atoms with Gasteiger partial charge in [-0.1, -0.05) is 26.2 Å². The molecule has 0 aliphatic carbocycles. The number of carboxylic acid groups (broad SMARTS) is 1. The standard InChI is InChI=1S/C23H21F4NO4/c1-3-4-5-6-13(23(31)32)18-11(2)28(17-10-16(26)21(29)20(27)19(17)18)22(30)12-7-8-14(24)15(25)9-12/h7-10,13,29H,3-6H2,1-2H3,(H,31,32)/t13-/m0/s1. The van der Waals surface area contributed by atoms with Crippen molar-refractivity contribution in [2.45, 2.75) is 45.4 Å². The maximum absolute atomic E-state index is 15.0. The average Bonchev–Trinajstić information content (AvgIpc) is 3.02. The first-order chi connectivity index (χ1) is 15.1. The molecule has 2 aromatic carbocycles. The Kier molecular flexibility index (Phi) is 6.57. The Hall–Kier alpha value is -3.36. The van der Waals surface area contributed by atoms with Crippen molar-refractivity contribution in [1.29, 1.82) is 0 Å². The SMILES string of the molecule is CCCCC[C@H](C(=O)O)c1c(C)n(C(=O)c2ccc(F)c(F)c2)c2cc(F)c(O)c(F)c12. The molecule has 170 valence electrons. The van der Waals surface area contributed by atoms with E-state index < -0.39 is 52.2 Å². The Labute approximate surface area is 180 Å². The second-order valence-corrected chi connectivity index (χ2v) is 7.57. The molecule has 3 aromatic rings. The van der Waals surface area contributed by atoms with Gasteiger partial charge in [-0.25, -0.2) is 17.6 Å². The lowest BCUT2D eigenvalue weighted by atomic mass is 9.90. The fraction of sp³-hybridized carbons (Fsp3) is 0.304. The number of halogens is 4. The number of phenols is 1. The van der Waals surface area contributed by atoms with E-state index in [0.29, 0.717) is 18.6 Å². The third-order valence-corrected chi connectivity index (χ3v) is 5.52. The van der Waals surface area contributed by atoms with E-state index in [9.17, 15) is 37.4 Å². The molecule has 0 amide bonds. The molecular weight excluding hydrogens is 430 g/mol. The van der Waals surface area contributed by atoms with Crippen LogP contribution in [0.25, 0.3) is 10.9 Å².